The summed E-state index contributed by atoms with van der Waals surface area (Å²) in [5.41, 5.74) is 6.70. The van der Waals surface area contributed by atoms with Crippen LogP contribution in [-0.4, -0.2) is 11.1 Å². The Labute approximate surface area is 86.9 Å². The van der Waals surface area contributed by atoms with Gasteiger partial charge < -0.3 is 5.73 Å². The summed E-state index contributed by atoms with van der Waals surface area (Å²) in [6.45, 7) is 0. The van der Waals surface area contributed by atoms with Crippen LogP contribution in [0.2, 0.25) is 0 Å². The first-order chi connectivity index (χ1) is 6.58. The third-order valence-electron chi connectivity index (χ3n) is 1.74. The zero-order valence-corrected chi connectivity index (χ0v) is 8.25. The van der Waals surface area contributed by atoms with E-state index in [-0.39, 0.29) is 18.7 Å². The molecule has 0 aliphatic carbocycles. The summed E-state index contributed by atoms with van der Waals surface area (Å²) in [5, 5.41) is -0.396. The Bertz CT molecular complexity index is 311. The molecular formula is C10H10ClNO2. The monoisotopic (exact) mass is 211 g/mol. The highest BCUT2D eigenvalue weighted by atomic mass is 35.5. The molecule has 0 unspecified atom stereocenters. The molecule has 3 nitrogen and oxygen atoms in total. The Morgan fingerprint density at radius 3 is 1.86 bits per heavy atom. The van der Waals surface area contributed by atoms with E-state index in [4.69, 9.17) is 17.3 Å². The predicted molar refractivity (Wildman–Crippen MR) is 53.9 cm³/mol. The van der Waals surface area contributed by atoms with Crippen LogP contribution in [0.5, 0.6) is 0 Å². The van der Waals surface area contributed by atoms with Gasteiger partial charge in [0.1, 0.15) is 0 Å². The minimum atomic E-state index is -0.396. The lowest BCUT2D eigenvalue weighted by atomic mass is 10.1. The second kappa shape index (κ2) is 4.77. The lowest BCUT2D eigenvalue weighted by molar-refractivity contribution is -0.117. The molecule has 0 aromatic heterocycles. The van der Waals surface area contributed by atoms with Gasteiger partial charge in [0.05, 0.1) is 6.42 Å². The predicted octanol–water partition coefficient (Wildman–Crippen LogP) is 1.02. The molecule has 0 saturated carbocycles. The molecule has 0 atom stereocenters. The van der Waals surface area contributed by atoms with Gasteiger partial charge in [0, 0.05) is 6.42 Å². The van der Waals surface area contributed by atoms with E-state index in [9.17, 15) is 9.59 Å². The molecule has 14 heavy (non-hydrogen) atoms. The van der Waals surface area contributed by atoms with Crippen molar-refractivity contribution in [3.05, 3.63) is 35.4 Å². The van der Waals surface area contributed by atoms with Crippen molar-refractivity contribution in [2.45, 2.75) is 12.8 Å². The molecule has 1 rings (SSSR count). The number of carbonyl (C=O) groups is 2. The third-order valence-corrected chi connectivity index (χ3v) is 1.88. The van der Waals surface area contributed by atoms with Crippen molar-refractivity contribution in [3.8, 4) is 0 Å². The summed E-state index contributed by atoms with van der Waals surface area (Å²) >= 11 is 5.22. The number of benzene rings is 1. The number of hydrogen-bond donors (Lipinski definition) is 1. The van der Waals surface area contributed by atoms with E-state index in [1.165, 1.54) is 0 Å². The second-order valence-electron chi connectivity index (χ2n) is 2.99. The molecule has 0 spiro atoms. The smallest absolute Gasteiger partial charge is 0.226 e. The largest absolute Gasteiger partial charge is 0.369 e. The van der Waals surface area contributed by atoms with Gasteiger partial charge in [-0.05, 0) is 22.7 Å². The van der Waals surface area contributed by atoms with Crippen LogP contribution in [-0.2, 0) is 22.4 Å². The van der Waals surface area contributed by atoms with Crippen molar-refractivity contribution in [1.82, 2.24) is 0 Å². The molecule has 0 aliphatic rings. The van der Waals surface area contributed by atoms with Gasteiger partial charge in [-0.2, -0.15) is 0 Å². The fraction of sp³-hybridized carbons (Fsp3) is 0.200. The number of primary amides is 1. The van der Waals surface area contributed by atoms with E-state index in [1.807, 2.05) is 0 Å². The quantitative estimate of drug-likeness (QED) is 0.756. The average molecular weight is 212 g/mol. The fourth-order valence-corrected chi connectivity index (χ4v) is 1.29. The van der Waals surface area contributed by atoms with Gasteiger partial charge in [0.25, 0.3) is 0 Å². The normalized spacial score (nSPS) is 9.79. The highest BCUT2D eigenvalue weighted by Gasteiger charge is 2.01. The summed E-state index contributed by atoms with van der Waals surface area (Å²) in [4.78, 5) is 21.1. The molecule has 74 valence electrons. The van der Waals surface area contributed by atoms with E-state index in [2.05, 4.69) is 0 Å². The minimum Gasteiger partial charge on any atom is -0.369 e. The van der Waals surface area contributed by atoms with Gasteiger partial charge in [-0.25, -0.2) is 0 Å². The molecule has 1 aromatic rings. The van der Waals surface area contributed by atoms with Crippen LogP contribution in [0, 0.1) is 0 Å². The molecule has 1 amide bonds. The van der Waals surface area contributed by atoms with Crippen molar-refractivity contribution in [1.29, 1.82) is 0 Å². The van der Waals surface area contributed by atoms with Crippen LogP contribution < -0.4 is 5.73 Å². The van der Waals surface area contributed by atoms with Gasteiger partial charge in [-0.1, -0.05) is 24.3 Å². The molecular weight excluding hydrogens is 202 g/mol. The molecule has 4 heteroatoms. The van der Waals surface area contributed by atoms with Crippen LogP contribution >= 0.6 is 11.6 Å². The van der Waals surface area contributed by atoms with Gasteiger partial charge in [-0.3, -0.25) is 9.59 Å². The number of carbonyl (C=O) groups excluding carboxylic acids is 2. The SMILES string of the molecule is NC(=O)Cc1ccc(CC(=O)Cl)cc1. The highest BCUT2D eigenvalue weighted by Crippen LogP contribution is 2.06. The van der Waals surface area contributed by atoms with Crippen molar-refractivity contribution >= 4 is 22.8 Å². The first-order valence-electron chi connectivity index (χ1n) is 4.12. The lowest BCUT2D eigenvalue weighted by Gasteiger charge is -1.99. The topological polar surface area (TPSA) is 60.2 Å². The molecule has 0 aliphatic heterocycles. The van der Waals surface area contributed by atoms with Crippen LogP contribution in [0.1, 0.15) is 11.1 Å². The van der Waals surface area contributed by atoms with E-state index in [0.29, 0.717) is 0 Å². The summed E-state index contributed by atoms with van der Waals surface area (Å²) < 4.78 is 0. The molecule has 0 heterocycles. The zero-order chi connectivity index (χ0) is 10.6. The Morgan fingerprint density at radius 1 is 1.07 bits per heavy atom. The molecule has 2 N–H and O–H groups in total. The van der Waals surface area contributed by atoms with E-state index in [1.54, 1.807) is 24.3 Å². The van der Waals surface area contributed by atoms with E-state index < -0.39 is 5.24 Å². The first-order valence-corrected chi connectivity index (χ1v) is 4.50. The number of amides is 1. The van der Waals surface area contributed by atoms with Crippen LogP contribution in [0.15, 0.2) is 24.3 Å². The molecule has 0 saturated heterocycles. The minimum absolute atomic E-state index is 0.207. The maximum atomic E-state index is 10.6. The Balaban J connectivity index is 2.68. The molecule has 1 aromatic carbocycles. The average Bonchev–Trinajstić information content (AvgIpc) is 2.06. The Hall–Kier alpha value is -1.35. The van der Waals surface area contributed by atoms with Crippen LogP contribution in [0.4, 0.5) is 0 Å². The van der Waals surface area contributed by atoms with Gasteiger partial charge >= 0.3 is 0 Å². The number of nitrogens with two attached hydrogens (primary N) is 1. The zero-order valence-electron chi connectivity index (χ0n) is 7.50. The van der Waals surface area contributed by atoms with Crippen LogP contribution in [0.3, 0.4) is 0 Å². The fourth-order valence-electron chi connectivity index (χ4n) is 1.14. The third kappa shape index (κ3) is 3.58. The summed E-state index contributed by atoms with van der Waals surface area (Å²) in [7, 11) is 0. The summed E-state index contributed by atoms with van der Waals surface area (Å²) in [5.74, 6) is -0.369. The molecule has 0 radical (unpaired) electrons. The number of halogens is 1. The van der Waals surface area contributed by atoms with Crippen molar-refractivity contribution in [3.63, 3.8) is 0 Å². The van der Waals surface area contributed by atoms with Gasteiger partial charge in [0.2, 0.25) is 11.1 Å². The van der Waals surface area contributed by atoms with E-state index in [0.717, 1.165) is 11.1 Å². The maximum Gasteiger partial charge on any atom is 0.226 e. The van der Waals surface area contributed by atoms with Crippen molar-refractivity contribution < 1.29 is 9.59 Å². The lowest BCUT2D eigenvalue weighted by Crippen LogP contribution is -2.13. The van der Waals surface area contributed by atoms with Crippen molar-refractivity contribution in [2.24, 2.45) is 5.73 Å². The summed E-state index contributed by atoms with van der Waals surface area (Å²) in [6, 6.07) is 7.05. The highest BCUT2D eigenvalue weighted by molar-refractivity contribution is 6.63. The standard InChI is InChI=1S/C10H10ClNO2/c11-9(13)5-7-1-3-8(4-2-7)6-10(12)14/h1-4H,5-6H2,(H2,12,14). The van der Waals surface area contributed by atoms with Crippen LogP contribution in [0.25, 0.3) is 0 Å². The molecule has 0 bridgehead atoms. The Morgan fingerprint density at radius 2 is 1.50 bits per heavy atom. The van der Waals surface area contributed by atoms with Crippen molar-refractivity contribution in [2.75, 3.05) is 0 Å². The first kappa shape index (κ1) is 10.7. The second-order valence-corrected chi connectivity index (χ2v) is 3.41. The van der Waals surface area contributed by atoms with Gasteiger partial charge in [0.15, 0.2) is 0 Å². The maximum absolute atomic E-state index is 10.6. The van der Waals surface area contributed by atoms with E-state index >= 15 is 0 Å². The van der Waals surface area contributed by atoms with Gasteiger partial charge in [-0.15, -0.1) is 0 Å². The Kier molecular flexibility index (Phi) is 3.65. The molecule has 0 fully saturated rings. The number of rotatable bonds is 4. The summed E-state index contributed by atoms with van der Waals surface area (Å²) in [6.07, 6.45) is 0.424. The number of hydrogen-bond acceptors (Lipinski definition) is 2.